The molecule has 2 aromatic heterocycles. The zero-order valence-corrected chi connectivity index (χ0v) is 12.9. The predicted octanol–water partition coefficient (Wildman–Crippen LogP) is 3.33. The molecule has 1 aromatic carbocycles. The third kappa shape index (κ3) is 2.62. The molecule has 4 nitrogen and oxygen atoms in total. The monoisotopic (exact) mass is 349 g/mol. The zero-order chi connectivity index (χ0) is 13.9. The number of hydrogen-bond donors (Lipinski definition) is 1. The summed E-state index contributed by atoms with van der Waals surface area (Å²) >= 11 is 4.92. The van der Waals surface area contributed by atoms with Gasteiger partial charge in [-0.1, -0.05) is 12.1 Å². The van der Waals surface area contributed by atoms with Gasteiger partial charge in [-0.3, -0.25) is 9.36 Å². The first-order valence-corrected chi connectivity index (χ1v) is 7.84. The molecule has 0 amide bonds. The average Bonchev–Trinajstić information content (AvgIpc) is 2.93. The van der Waals surface area contributed by atoms with Crippen LogP contribution in [0.5, 0.6) is 0 Å². The van der Waals surface area contributed by atoms with Gasteiger partial charge >= 0.3 is 0 Å². The van der Waals surface area contributed by atoms with Gasteiger partial charge in [0.2, 0.25) is 0 Å². The van der Waals surface area contributed by atoms with Crippen LogP contribution in [0.4, 0.5) is 5.69 Å². The highest BCUT2D eigenvalue weighted by molar-refractivity contribution is 9.10. The number of fused-ring (bicyclic) bond motifs is 1. The van der Waals surface area contributed by atoms with Crippen LogP contribution in [0.15, 0.2) is 51.3 Å². The Morgan fingerprint density at radius 1 is 1.30 bits per heavy atom. The molecule has 3 rings (SSSR count). The van der Waals surface area contributed by atoms with Crippen LogP contribution in [0.25, 0.3) is 10.2 Å². The Balaban J connectivity index is 1.73. The Bertz CT molecular complexity index is 796. The van der Waals surface area contributed by atoms with Gasteiger partial charge in [0.1, 0.15) is 4.70 Å². The van der Waals surface area contributed by atoms with Crippen molar-refractivity contribution in [2.75, 3.05) is 11.9 Å². The first-order valence-electron chi connectivity index (χ1n) is 6.17. The molecule has 20 heavy (non-hydrogen) atoms. The number of aromatic nitrogens is 2. The minimum atomic E-state index is 0.0268. The van der Waals surface area contributed by atoms with Crippen LogP contribution in [0, 0.1) is 0 Å². The molecule has 0 radical (unpaired) electrons. The molecule has 0 spiro atoms. The molecule has 0 aliphatic carbocycles. The lowest BCUT2D eigenvalue weighted by atomic mass is 10.3. The van der Waals surface area contributed by atoms with E-state index in [0.29, 0.717) is 17.8 Å². The summed E-state index contributed by atoms with van der Waals surface area (Å²) in [6.45, 7) is 1.25. The van der Waals surface area contributed by atoms with E-state index in [1.54, 1.807) is 10.9 Å². The van der Waals surface area contributed by atoms with Crippen LogP contribution in [0.1, 0.15) is 0 Å². The molecule has 0 saturated carbocycles. The van der Waals surface area contributed by atoms with Gasteiger partial charge in [-0.15, -0.1) is 11.3 Å². The summed E-state index contributed by atoms with van der Waals surface area (Å²) < 4.78 is 3.37. The lowest BCUT2D eigenvalue weighted by Gasteiger charge is -2.09. The van der Waals surface area contributed by atoms with Crippen LogP contribution in [-0.4, -0.2) is 16.1 Å². The lowest BCUT2D eigenvalue weighted by molar-refractivity contribution is 0.690. The lowest BCUT2D eigenvalue weighted by Crippen LogP contribution is -2.23. The van der Waals surface area contributed by atoms with Crippen LogP contribution in [0.3, 0.4) is 0 Å². The highest BCUT2D eigenvalue weighted by Crippen LogP contribution is 2.20. The van der Waals surface area contributed by atoms with Gasteiger partial charge in [-0.2, -0.15) is 0 Å². The van der Waals surface area contributed by atoms with Gasteiger partial charge in [0, 0.05) is 23.2 Å². The molecule has 0 unspecified atom stereocenters. The zero-order valence-electron chi connectivity index (χ0n) is 10.5. The van der Waals surface area contributed by atoms with Crippen molar-refractivity contribution in [3.63, 3.8) is 0 Å². The number of nitrogens with one attached hydrogen (secondary N) is 1. The van der Waals surface area contributed by atoms with E-state index in [0.717, 1.165) is 15.7 Å². The normalized spacial score (nSPS) is 10.8. The molecular weight excluding hydrogens is 338 g/mol. The maximum Gasteiger partial charge on any atom is 0.271 e. The molecule has 0 bridgehead atoms. The van der Waals surface area contributed by atoms with E-state index in [-0.39, 0.29) is 5.56 Å². The van der Waals surface area contributed by atoms with Crippen LogP contribution < -0.4 is 10.9 Å². The average molecular weight is 350 g/mol. The van der Waals surface area contributed by atoms with Crippen LogP contribution in [0.2, 0.25) is 0 Å². The Morgan fingerprint density at radius 2 is 2.15 bits per heavy atom. The van der Waals surface area contributed by atoms with Crippen molar-refractivity contribution >= 4 is 43.2 Å². The van der Waals surface area contributed by atoms with Gasteiger partial charge in [0.05, 0.1) is 11.8 Å². The summed E-state index contributed by atoms with van der Waals surface area (Å²) in [6.07, 6.45) is 1.61. The van der Waals surface area contributed by atoms with E-state index >= 15 is 0 Å². The predicted molar refractivity (Wildman–Crippen MR) is 86.5 cm³/mol. The first kappa shape index (κ1) is 13.3. The van der Waals surface area contributed by atoms with E-state index in [1.165, 1.54) is 11.3 Å². The molecule has 6 heteroatoms. The summed E-state index contributed by atoms with van der Waals surface area (Å²) in [5, 5.41) is 5.19. The van der Waals surface area contributed by atoms with Gasteiger partial charge in [-0.05, 0) is 39.5 Å². The highest BCUT2D eigenvalue weighted by Gasteiger charge is 2.05. The van der Waals surface area contributed by atoms with Gasteiger partial charge in [0.15, 0.2) is 0 Å². The minimum Gasteiger partial charge on any atom is -0.382 e. The van der Waals surface area contributed by atoms with Crippen molar-refractivity contribution in [1.29, 1.82) is 0 Å². The molecule has 0 atom stereocenters. The molecule has 0 aliphatic heterocycles. The van der Waals surface area contributed by atoms with E-state index in [4.69, 9.17) is 0 Å². The van der Waals surface area contributed by atoms with Crippen LogP contribution >= 0.6 is 27.3 Å². The van der Waals surface area contributed by atoms with Crippen molar-refractivity contribution in [1.82, 2.24) is 9.55 Å². The second kappa shape index (κ2) is 5.76. The third-order valence-corrected chi connectivity index (χ3v) is 4.56. The maximum atomic E-state index is 12.2. The Labute approximate surface area is 128 Å². The fourth-order valence-electron chi connectivity index (χ4n) is 1.95. The van der Waals surface area contributed by atoms with Crippen molar-refractivity contribution in [2.45, 2.75) is 6.54 Å². The number of anilines is 1. The fourth-order valence-corrected chi connectivity index (χ4v) is 3.17. The van der Waals surface area contributed by atoms with E-state index in [9.17, 15) is 4.79 Å². The number of benzene rings is 1. The third-order valence-electron chi connectivity index (χ3n) is 2.98. The number of halogens is 1. The smallest absolute Gasteiger partial charge is 0.271 e. The number of nitrogens with zero attached hydrogens (tertiary/aromatic N) is 2. The molecule has 3 aromatic rings. The summed E-state index contributed by atoms with van der Waals surface area (Å²) in [5.74, 6) is 0. The largest absolute Gasteiger partial charge is 0.382 e. The van der Waals surface area contributed by atoms with Crippen molar-refractivity contribution in [2.24, 2.45) is 0 Å². The van der Waals surface area contributed by atoms with Gasteiger partial charge in [-0.25, -0.2) is 4.98 Å². The Kier molecular flexibility index (Phi) is 3.84. The van der Waals surface area contributed by atoms with Gasteiger partial charge in [0.25, 0.3) is 5.56 Å². The maximum absolute atomic E-state index is 12.2. The molecular formula is C14H12BrN3OS. The molecule has 0 aliphatic rings. The van der Waals surface area contributed by atoms with E-state index < -0.39 is 0 Å². The van der Waals surface area contributed by atoms with E-state index in [1.807, 2.05) is 35.7 Å². The summed E-state index contributed by atoms with van der Waals surface area (Å²) in [4.78, 5) is 16.5. The topological polar surface area (TPSA) is 46.9 Å². The molecule has 2 heterocycles. The molecule has 0 saturated heterocycles. The van der Waals surface area contributed by atoms with Crippen molar-refractivity contribution in [3.8, 4) is 0 Å². The SMILES string of the molecule is O=c1c2sccc2ncn1CCNc1ccccc1Br. The summed E-state index contributed by atoms with van der Waals surface area (Å²) in [6, 6.07) is 9.78. The molecule has 1 N–H and O–H groups in total. The second-order valence-corrected chi connectivity index (χ2v) is 6.06. The number of para-hydroxylation sites is 1. The Morgan fingerprint density at radius 3 is 3.00 bits per heavy atom. The van der Waals surface area contributed by atoms with Crippen LogP contribution in [-0.2, 0) is 6.54 Å². The van der Waals surface area contributed by atoms with Crippen molar-refractivity contribution in [3.05, 3.63) is 56.9 Å². The first-order chi connectivity index (χ1) is 9.75. The standard InChI is InChI=1S/C14H12BrN3OS/c15-10-3-1-2-4-11(10)16-6-7-18-9-17-12-5-8-20-13(12)14(18)19/h1-5,8-9,16H,6-7H2. The fraction of sp³-hybridized carbons (Fsp3) is 0.143. The number of rotatable bonds is 4. The summed E-state index contributed by atoms with van der Waals surface area (Å²) in [5.41, 5.74) is 1.82. The number of hydrogen-bond acceptors (Lipinski definition) is 4. The second-order valence-electron chi connectivity index (χ2n) is 4.28. The molecule has 0 fully saturated rings. The summed E-state index contributed by atoms with van der Waals surface area (Å²) in [7, 11) is 0. The highest BCUT2D eigenvalue weighted by atomic mass is 79.9. The van der Waals surface area contributed by atoms with Gasteiger partial charge < -0.3 is 5.32 Å². The Hall–Kier alpha value is -1.66. The number of thiophene rings is 1. The van der Waals surface area contributed by atoms with Crippen molar-refractivity contribution < 1.29 is 0 Å². The van der Waals surface area contributed by atoms with E-state index in [2.05, 4.69) is 26.2 Å². The minimum absolute atomic E-state index is 0.0268. The molecule has 102 valence electrons. The quantitative estimate of drug-likeness (QED) is 0.785.